The first-order chi connectivity index (χ1) is 8.29. The van der Waals surface area contributed by atoms with Gasteiger partial charge in [-0.25, -0.2) is 0 Å². The molecule has 6 atom stereocenters. The quantitative estimate of drug-likeness (QED) is 0.723. The number of hydrogen-bond acceptors (Lipinski definition) is 1. The van der Waals surface area contributed by atoms with E-state index in [1.807, 2.05) is 0 Å². The molecule has 4 aliphatic rings. The van der Waals surface area contributed by atoms with Crippen LogP contribution in [0.3, 0.4) is 0 Å². The highest BCUT2D eigenvalue weighted by Crippen LogP contribution is 2.52. The minimum absolute atomic E-state index is 0.493. The molecule has 4 fully saturated rings. The Morgan fingerprint density at radius 1 is 0.824 bits per heavy atom. The Bertz CT molecular complexity index is 334. The molecule has 0 spiro atoms. The molecule has 4 rings (SSSR count). The van der Waals surface area contributed by atoms with Crippen LogP contribution in [0.25, 0.3) is 0 Å². The molecule has 0 aromatic carbocycles. The SMILES string of the molecule is O=C(CC1CC2CCC1C2)C1CC2CCC1C2. The summed E-state index contributed by atoms with van der Waals surface area (Å²) in [5.74, 6) is 5.60. The van der Waals surface area contributed by atoms with Crippen LogP contribution in [-0.4, -0.2) is 5.78 Å². The van der Waals surface area contributed by atoms with Gasteiger partial charge in [-0.1, -0.05) is 12.8 Å². The number of ketones is 1. The molecule has 0 saturated heterocycles. The zero-order chi connectivity index (χ0) is 11.4. The van der Waals surface area contributed by atoms with Crippen molar-refractivity contribution in [3.8, 4) is 0 Å². The summed E-state index contributed by atoms with van der Waals surface area (Å²) in [6.45, 7) is 0. The molecule has 0 radical (unpaired) electrons. The first-order valence-electron chi connectivity index (χ1n) is 7.82. The van der Waals surface area contributed by atoms with E-state index in [1.54, 1.807) is 0 Å². The predicted octanol–water partition coefficient (Wildman–Crippen LogP) is 3.82. The van der Waals surface area contributed by atoms with Crippen LogP contribution < -0.4 is 0 Å². The minimum atomic E-state index is 0.493. The minimum Gasteiger partial charge on any atom is -0.299 e. The van der Waals surface area contributed by atoms with E-state index in [9.17, 15) is 4.79 Å². The van der Waals surface area contributed by atoms with Crippen molar-refractivity contribution in [3.05, 3.63) is 0 Å². The van der Waals surface area contributed by atoms with Crippen molar-refractivity contribution in [2.45, 2.75) is 57.8 Å². The van der Waals surface area contributed by atoms with Crippen molar-refractivity contribution in [2.75, 3.05) is 0 Å². The predicted molar refractivity (Wildman–Crippen MR) is 67.5 cm³/mol. The molecule has 0 heterocycles. The van der Waals surface area contributed by atoms with Crippen LogP contribution in [0.5, 0.6) is 0 Å². The van der Waals surface area contributed by atoms with Crippen LogP contribution in [0.2, 0.25) is 0 Å². The highest BCUT2D eigenvalue weighted by molar-refractivity contribution is 5.82. The highest BCUT2D eigenvalue weighted by atomic mass is 16.1. The lowest BCUT2D eigenvalue weighted by molar-refractivity contribution is -0.125. The number of Topliss-reactive ketones (excluding diaryl/α,β-unsaturated/α-hetero) is 1. The monoisotopic (exact) mass is 232 g/mol. The van der Waals surface area contributed by atoms with Gasteiger partial charge < -0.3 is 0 Å². The fourth-order valence-corrected chi connectivity index (χ4v) is 5.68. The molecule has 4 saturated carbocycles. The molecule has 4 bridgehead atoms. The average molecular weight is 232 g/mol. The standard InChI is InChI=1S/C16H24O/c17-16(15-8-11-2-4-13(15)6-11)9-14-7-10-1-3-12(14)5-10/h10-15H,1-9H2. The van der Waals surface area contributed by atoms with Crippen molar-refractivity contribution >= 4 is 5.78 Å². The van der Waals surface area contributed by atoms with Gasteiger partial charge in [0.05, 0.1) is 0 Å². The second-order valence-corrected chi connectivity index (χ2v) is 7.39. The summed E-state index contributed by atoms with van der Waals surface area (Å²) >= 11 is 0. The smallest absolute Gasteiger partial charge is 0.136 e. The molecule has 17 heavy (non-hydrogen) atoms. The Hall–Kier alpha value is -0.330. The lowest BCUT2D eigenvalue weighted by atomic mass is 9.79. The number of rotatable bonds is 3. The molecule has 0 aliphatic heterocycles. The van der Waals surface area contributed by atoms with E-state index >= 15 is 0 Å². The number of hydrogen-bond donors (Lipinski definition) is 0. The summed E-state index contributed by atoms with van der Waals surface area (Å²) in [7, 11) is 0. The fraction of sp³-hybridized carbons (Fsp3) is 0.938. The molecule has 6 unspecified atom stereocenters. The molecule has 4 aliphatic carbocycles. The fourth-order valence-electron chi connectivity index (χ4n) is 5.68. The van der Waals surface area contributed by atoms with Crippen molar-refractivity contribution < 1.29 is 4.79 Å². The van der Waals surface area contributed by atoms with Crippen LogP contribution >= 0.6 is 0 Å². The number of carbonyl (C=O) groups excluding carboxylic acids is 1. The van der Waals surface area contributed by atoms with Gasteiger partial charge in [0.15, 0.2) is 0 Å². The molecule has 1 heteroatoms. The van der Waals surface area contributed by atoms with Crippen molar-refractivity contribution in [3.63, 3.8) is 0 Å². The highest BCUT2D eigenvalue weighted by Gasteiger charge is 2.45. The van der Waals surface area contributed by atoms with Gasteiger partial charge in [0.1, 0.15) is 5.78 Å². The molecule has 1 nitrogen and oxygen atoms in total. The molecule has 94 valence electrons. The van der Waals surface area contributed by atoms with E-state index < -0.39 is 0 Å². The Balaban J connectivity index is 1.38. The van der Waals surface area contributed by atoms with Gasteiger partial charge >= 0.3 is 0 Å². The van der Waals surface area contributed by atoms with Crippen molar-refractivity contribution in [1.82, 2.24) is 0 Å². The lowest BCUT2D eigenvalue weighted by Crippen LogP contribution is -2.25. The summed E-state index contributed by atoms with van der Waals surface area (Å²) in [5, 5.41) is 0. The number of carbonyl (C=O) groups is 1. The normalized spacial score (nSPS) is 51.3. The van der Waals surface area contributed by atoms with E-state index in [-0.39, 0.29) is 0 Å². The van der Waals surface area contributed by atoms with Crippen molar-refractivity contribution in [1.29, 1.82) is 0 Å². The Kier molecular flexibility index (Phi) is 2.38. The molecule has 0 aromatic rings. The van der Waals surface area contributed by atoms with E-state index in [0.717, 1.165) is 36.0 Å². The van der Waals surface area contributed by atoms with Crippen LogP contribution in [0.4, 0.5) is 0 Å². The summed E-state index contributed by atoms with van der Waals surface area (Å²) < 4.78 is 0. The van der Waals surface area contributed by atoms with Crippen molar-refractivity contribution in [2.24, 2.45) is 35.5 Å². The third-order valence-electron chi connectivity index (χ3n) is 6.50. The molecule has 0 N–H and O–H groups in total. The topological polar surface area (TPSA) is 17.1 Å². The second-order valence-electron chi connectivity index (χ2n) is 7.39. The van der Waals surface area contributed by atoms with Crippen LogP contribution in [0.15, 0.2) is 0 Å². The first-order valence-corrected chi connectivity index (χ1v) is 7.82. The Morgan fingerprint density at radius 2 is 1.53 bits per heavy atom. The van der Waals surface area contributed by atoms with Gasteiger partial charge in [0.2, 0.25) is 0 Å². The van der Waals surface area contributed by atoms with Gasteiger partial charge in [0.25, 0.3) is 0 Å². The average Bonchev–Trinajstić information content (AvgIpc) is 3.08. The first kappa shape index (κ1) is 10.6. The second kappa shape index (κ2) is 3.83. The molecular formula is C16H24O. The Morgan fingerprint density at radius 3 is 2.06 bits per heavy atom. The van der Waals surface area contributed by atoms with Crippen LogP contribution in [-0.2, 0) is 4.79 Å². The third-order valence-corrected chi connectivity index (χ3v) is 6.50. The largest absolute Gasteiger partial charge is 0.299 e. The molecule has 0 amide bonds. The van der Waals surface area contributed by atoms with Gasteiger partial charge in [-0.15, -0.1) is 0 Å². The Labute approximate surface area is 104 Å². The third kappa shape index (κ3) is 1.69. The van der Waals surface area contributed by atoms with Gasteiger partial charge in [-0.2, -0.15) is 0 Å². The lowest BCUT2D eigenvalue weighted by Gasteiger charge is -2.25. The van der Waals surface area contributed by atoms with Gasteiger partial charge in [-0.3, -0.25) is 4.79 Å². The maximum absolute atomic E-state index is 12.5. The molecular weight excluding hydrogens is 208 g/mol. The molecule has 0 aromatic heterocycles. The zero-order valence-electron chi connectivity index (χ0n) is 10.7. The van der Waals surface area contributed by atoms with E-state index in [1.165, 1.54) is 51.4 Å². The van der Waals surface area contributed by atoms with Gasteiger partial charge in [0, 0.05) is 12.3 Å². The summed E-state index contributed by atoms with van der Waals surface area (Å²) in [6.07, 6.45) is 12.1. The van der Waals surface area contributed by atoms with E-state index in [0.29, 0.717) is 11.7 Å². The van der Waals surface area contributed by atoms with Crippen LogP contribution in [0, 0.1) is 35.5 Å². The van der Waals surface area contributed by atoms with Crippen LogP contribution in [0.1, 0.15) is 57.8 Å². The summed E-state index contributed by atoms with van der Waals surface area (Å²) in [6, 6.07) is 0. The zero-order valence-corrected chi connectivity index (χ0v) is 10.7. The number of fused-ring (bicyclic) bond motifs is 4. The van der Waals surface area contributed by atoms with E-state index in [4.69, 9.17) is 0 Å². The van der Waals surface area contributed by atoms with E-state index in [2.05, 4.69) is 0 Å². The maximum atomic E-state index is 12.5. The summed E-state index contributed by atoms with van der Waals surface area (Å²) in [4.78, 5) is 12.5. The van der Waals surface area contributed by atoms with Gasteiger partial charge in [-0.05, 0) is 68.1 Å². The summed E-state index contributed by atoms with van der Waals surface area (Å²) in [5.41, 5.74) is 0. The maximum Gasteiger partial charge on any atom is 0.136 e.